The molecule has 156 valence electrons. The molecule has 1 aliphatic rings. The Balaban J connectivity index is 1.79. The third-order valence-corrected chi connectivity index (χ3v) is 5.56. The monoisotopic (exact) mass is 445 g/mol. The number of carbonyl (C=O) groups excluding carboxylic acids is 1. The quantitative estimate of drug-likeness (QED) is 0.736. The van der Waals surface area contributed by atoms with Gasteiger partial charge in [-0.2, -0.15) is 13.2 Å². The minimum atomic E-state index is -4.42. The first-order valence-corrected chi connectivity index (χ1v) is 9.78. The van der Waals surface area contributed by atoms with Gasteiger partial charge in [-0.05, 0) is 48.9 Å². The van der Waals surface area contributed by atoms with Gasteiger partial charge in [0.2, 0.25) is 0 Å². The van der Waals surface area contributed by atoms with Crippen LogP contribution >= 0.6 is 23.2 Å². The molecule has 0 radical (unpaired) electrons. The molecule has 9 heteroatoms. The molecule has 0 bridgehead atoms. The molecule has 0 aromatic heterocycles. The summed E-state index contributed by atoms with van der Waals surface area (Å²) in [6.45, 7) is 3.19. The number of halogens is 5. The molecule has 1 amide bonds. The maximum atomic E-state index is 13.0. The van der Waals surface area contributed by atoms with E-state index in [9.17, 15) is 18.0 Å². The van der Waals surface area contributed by atoms with Crippen LogP contribution in [0.25, 0.3) is 0 Å². The maximum Gasteiger partial charge on any atom is 0.416 e. The summed E-state index contributed by atoms with van der Waals surface area (Å²) < 4.78 is 39.0. The SMILES string of the molecule is CC1CN(C(=O)c2ccc(Cl)cc2Cl)CCN1c1ccc(C(F)(F)F)cc1CN. The van der Waals surface area contributed by atoms with Crippen molar-refractivity contribution in [3.8, 4) is 0 Å². The van der Waals surface area contributed by atoms with Crippen molar-refractivity contribution in [2.75, 3.05) is 24.5 Å². The minimum Gasteiger partial charge on any atom is -0.365 e. The van der Waals surface area contributed by atoms with Crippen molar-refractivity contribution in [2.24, 2.45) is 5.73 Å². The molecule has 1 unspecified atom stereocenters. The van der Waals surface area contributed by atoms with E-state index in [2.05, 4.69) is 0 Å². The second kappa shape index (κ2) is 8.42. The highest BCUT2D eigenvalue weighted by atomic mass is 35.5. The van der Waals surface area contributed by atoms with Crippen molar-refractivity contribution < 1.29 is 18.0 Å². The number of hydrogen-bond acceptors (Lipinski definition) is 3. The van der Waals surface area contributed by atoms with Gasteiger partial charge in [-0.1, -0.05) is 23.2 Å². The lowest BCUT2D eigenvalue weighted by atomic mass is 10.0. The van der Waals surface area contributed by atoms with E-state index in [1.807, 2.05) is 11.8 Å². The van der Waals surface area contributed by atoms with Crippen molar-refractivity contribution >= 4 is 34.8 Å². The van der Waals surface area contributed by atoms with Gasteiger partial charge in [0.1, 0.15) is 0 Å². The second-order valence-electron chi connectivity index (χ2n) is 6.96. The summed E-state index contributed by atoms with van der Waals surface area (Å²) in [5.74, 6) is -0.204. The van der Waals surface area contributed by atoms with Crippen LogP contribution in [0.15, 0.2) is 36.4 Å². The van der Waals surface area contributed by atoms with Crippen LogP contribution in [0, 0.1) is 0 Å². The summed E-state index contributed by atoms with van der Waals surface area (Å²) in [7, 11) is 0. The smallest absolute Gasteiger partial charge is 0.365 e. The molecule has 29 heavy (non-hydrogen) atoms. The highest BCUT2D eigenvalue weighted by Crippen LogP contribution is 2.34. The molecular weight excluding hydrogens is 426 g/mol. The fraction of sp³-hybridized carbons (Fsp3) is 0.350. The standard InChI is InChI=1S/C20H20Cl2F3N3O/c1-12-11-27(19(29)16-4-3-15(21)9-17(16)22)6-7-28(12)18-5-2-14(20(23,24)25)8-13(18)10-26/h2-5,8-9,12H,6-7,10-11,26H2,1H3. The van der Waals surface area contributed by atoms with Crippen LogP contribution in [0.5, 0.6) is 0 Å². The minimum absolute atomic E-state index is 0.00843. The lowest BCUT2D eigenvalue weighted by Gasteiger charge is -2.42. The molecule has 1 aliphatic heterocycles. The number of amides is 1. The van der Waals surface area contributed by atoms with Gasteiger partial charge in [-0.15, -0.1) is 0 Å². The Kier molecular flexibility index (Phi) is 6.31. The average molecular weight is 446 g/mol. The van der Waals surface area contributed by atoms with Gasteiger partial charge in [0.25, 0.3) is 5.91 Å². The number of benzene rings is 2. The Bertz CT molecular complexity index is 920. The number of piperazine rings is 1. The summed E-state index contributed by atoms with van der Waals surface area (Å²) in [5, 5.41) is 0.729. The van der Waals surface area contributed by atoms with Crippen LogP contribution in [0.2, 0.25) is 10.0 Å². The summed E-state index contributed by atoms with van der Waals surface area (Å²) in [5.41, 5.74) is 6.44. The molecule has 4 nitrogen and oxygen atoms in total. The summed E-state index contributed by atoms with van der Waals surface area (Å²) >= 11 is 12.0. The third kappa shape index (κ3) is 4.63. The maximum absolute atomic E-state index is 13.0. The largest absolute Gasteiger partial charge is 0.416 e. The molecule has 3 rings (SSSR count). The highest BCUT2D eigenvalue weighted by Gasteiger charge is 2.33. The Morgan fingerprint density at radius 1 is 1.17 bits per heavy atom. The number of nitrogens with two attached hydrogens (primary N) is 1. The van der Waals surface area contributed by atoms with Gasteiger partial charge >= 0.3 is 6.18 Å². The predicted molar refractivity (Wildman–Crippen MR) is 109 cm³/mol. The van der Waals surface area contributed by atoms with Crippen molar-refractivity contribution in [1.29, 1.82) is 0 Å². The lowest BCUT2D eigenvalue weighted by molar-refractivity contribution is -0.137. The number of rotatable bonds is 3. The normalized spacial score (nSPS) is 17.6. The number of alkyl halides is 3. The highest BCUT2D eigenvalue weighted by molar-refractivity contribution is 6.36. The van der Waals surface area contributed by atoms with Crippen LogP contribution < -0.4 is 10.6 Å². The topological polar surface area (TPSA) is 49.6 Å². The number of hydrogen-bond donors (Lipinski definition) is 1. The number of carbonyl (C=O) groups is 1. The van der Waals surface area contributed by atoms with Gasteiger partial charge in [0.15, 0.2) is 0 Å². The Morgan fingerprint density at radius 3 is 2.48 bits per heavy atom. The van der Waals surface area contributed by atoms with E-state index in [1.165, 1.54) is 12.1 Å². The summed E-state index contributed by atoms with van der Waals surface area (Å²) in [6, 6.07) is 8.21. The van der Waals surface area contributed by atoms with Gasteiger partial charge in [-0.25, -0.2) is 0 Å². The van der Waals surface area contributed by atoms with E-state index in [1.54, 1.807) is 17.0 Å². The molecule has 0 spiro atoms. The Labute approximate surface area is 177 Å². The molecule has 0 saturated carbocycles. The van der Waals surface area contributed by atoms with Gasteiger partial charge in [-0.3, -0.25) is 4.79 Å². The van der Waals surface area contributed by atoms with E-state index >= 15 is 0 Å². The fourth-order valence-corrected chi connectivity index (χ4v) is 4.03. The van der Waals surface area contributed by atoms with E-state index < -0.39 is 11.7 Å². The molecule has 1 atom stereocenters. The molecular formula is C20H20Cl2F3N3O. The average Bonchev–Trinajstić information content (AvgIpc) is 2.66. The van der Waals surface area contributed by atoms with Crippen molar-refractivity contribution in [2.45, 2.75) is 25.7 Å². The first-order chi connectivity index (χ1) is 13.6. The molecule has 2 aromatic carbocycles. The van der Waals surface area contributed by atoms with E-state index in [0.717, 1.165) is 12.1 Å². The Hall–Kier alpha value is -1.96. The molecule has 0 aliphatic carbocycles. The van der Waals surface area contributed by atoms with E-state index in [-0.39, 0.29) is 23.5 Å². The molecule has 2 aromatic rings. The zero-order valence-electron chi connectivity index (χ0n) is 15.6. The lowest BCUT2D eigenvalue weighted by Crippen LogP contribution is -2.54. The van der Waals surface area contributed by atoms with Crippen LogP contribution in [-0.2, 0) is 12.7 Å². The van der Waals surface area contributed by atoms with Crippen molar-refractivity contribution in [3.63, 3.8) is 0 Å². The first-order valence-electron chi connectivity index (χ1n) is 9.03. The second-order valence-corrected chi connectivity index (χ2v) is 7.81. The fourth-order valence-electron chi connectivity index (χ4n) is 3.54. The van der Waals surface area contributed by atoms with Crippen LogP contribution in [0.4, 0.5) is 18.9 Å². The zero-order valence-corrected chi connectivity index (χ0v) is 17.2. The van der Waals surface area contributed by atoms with Crippen molar-refractivity contribution in [3.05, 3.63) is 63.1 Å². The van der Waals surface area contributed by atoms with Crippen LogP contribution in [0.1, 0.15) is 28.4 Å². The van der Waals surface area contributed by atoms with Crippen LogP contribution in [-0.4, -0.2) is 36.5 Å². The first kappa shape index (κ1) is 21.7. The molecule has 1 heterocycles. The molecule has 2 N–H and O–H groups in total. The van der Waals surface area contributed by atoms with Gasteiger partial charge in [0, 0.05) is 42.9 Å². The van der Waals surface area contributed by atoms with Crippen LogP contribution in [0.3, 0.4) is 0 Å². The van der Waals surface area contributed by atoms with Crippen molar-refractivity contribution in [1.82, 2.24) is 4.90 Å². The number of nitrogens with zero attached hydrogens (tertiary/aromatic N) is 2. The summed E-state index contributed by atoms with van der Waals surface area (Å²) in [6.07, 6.45) is -4.42. The van der Waals surface area contributed by atoms with Gasteiger partial charge in [0.05, 0.1) is 16.1 Å². The molecule has 1 fully saturated rings. The Morgan fingerprint density at radius 2 is 1.90 bits per heavy atom. The zero-order chi connectivity index (χ0) is 21.3. The molecule has 1 saturated heterocycles. The predicted octanol–water partition coefficient (Wildman–Crippen LogP) is 4.82. The van der Waals surface area contributed by atoms with Gasteiger partial charge < -0.3 is 15.5 Å². The third-order valence-electron chi connectivity index (χ3n) is 5.01. The summed E-state index contributed by atoms with van der Waals surface area (Å²) in [4.78, 5) is 16.5. The van der Waals surface area contributed by atoms with E-state index in [0.29, 0.717) is 41.5 Å². The van der Waals surface area contributed by atoms with E-state index in [4.69, 9.17) is 28.9 Å². The number of anilines is 1.